The number of anilines is 1. The number of hydrogen-bond acceptors (Lipinski definition) is 4. The van der Waals surface area contributed by atoms with E-state index in [1.165, 1.54) is 4.90 Å². The van der Waals surface area contributed by atoms with Gasteiger partial charge < -0.3 is 15.3 Å². The van der Waals surface area contributed by atoms with Crippen molar-refractivity contribution in [3.05, 3.63) is 17.3 Å². The maximum atomic E-state index is 10.9. The van der Waals surface area contributed by atoms with Gasteiger partial charge in [-0.2, -0.15) is 0 Å². The number of nitrogens with zero attached hydrogens (tertiary/aromatic N) is 3. The molecule has 0 radical (unpaired) electrons. The summed E-state index contributed by atoms with van der Waals surface area (Å²) in [4.78, 5) is 12.4. The molecule has 0 unspecified atom stereocenters. The maximum Gasteiger partial charge on any atom is 0.407 e. The summed E-state index contributed by atoms with van der Waals surface area (Å²) in [6.45, 7) is 1.31. The van der Waals surface area contributed by atoms with Crippen molar-refractivity contribution >= 4 is 23.5 Å². The lowest BCUT2D eigenvalue weighted by Crippen LogP contribution is -2.52. The molecule has 2 aliphatic rings. The molecule has 1 aliphatic heterocycles. The van der Waals surface area contributed by atoms with Crippen LogP contribution in [0.15, 0.2) is 12.1 Å². The number of nitrogens with one attached hydrogen (secondary N) is 1. The lowest BCUT2D eigenvalue weighted by atomic mass is 9.60. The van der Waals surface area contributed by atoms with E-state index < -0.39 is 6.09 Å². The van der Waals surface area contributed by atoms with Gasteiger partial charge in [-0.05, 0) is 43.2 Å². The minimum atomic E-state index is -0.801. The van der Waals surface area contributed by atoms with E-state index in [4.69, 9.17) is 16.7 Å². The molecular formula is C13H17ClN4O2. The van der Waals surface area contributed by atoms with Gasteiger partial charge in [-0.15, -0.1) is 10.2 Å². The Bertz CT molecular complexity index is 492. The van der Waals surface area contributed by atoms with Crippen LogP contribution < -0.4 is 5.32 Å². The second-order valence-electron chi connectivity index (χ2n) is 5.76. The summed E-state index contributed by atoms with van der Waals surface area (Å²) in [5.41, 5.74) is 0.323. The standard InChI is InChI=1S/C13H17ClN4O2/c14-10-1-2-11(17-16-10)15-9-7-13(8-9)3-5-18(6-4-13)12(19)20/h1-2,9H,3-8H2,(H,15,17)(H,19,20). The first-order valence-corrected chi connectivity index (χ1v) is 7.18. The number of amides is 1. The van der Waals surface area contributed by atoms with Crippen LogP contribution in [0.1, 0.15) is 25.7 Å². The highest BCUT2D eigenvalue weighted by molar-refractivity contribution is 6.29. The van der Waals surface area contributed by atoms with Crippen molar-refractivity contribution in [1.82, 2.24) is 15.1 Å². The van der Waals surface area contributed by atoms with E-state index in [0.717, 1.165) is 31.5 Å². The van der Waals surface area contributed by atoms with E-state index in [1.54, 1.807) is 6.07 Å². The molecule has 1 spiro atoms. The Morgan fingerprint density at radius 3 is 2.60 bits per heavy atom. The van der Waals surface area contributed by atoms with Crippen LogP contribution >= 0.6 is 11.6 Å². The molecule has 1 aromatic rings. The first kappa shape index (κ1) is 13.4. The largest absolute Gasteiger partial charge is 0.465 e. The predicted octanol–water partition coefficient (Wildman–Crippen LogP) is 2.46. The van der Waals surface area contributed by atoms with Crippen LogP contribution in [0.25, 0.3) is 0 Å². The zero-order valence-electron chi connectivity index (χ0n) is 11.0. The van der Waals surface area contributed by atoms with Crippen LogP contribution in [0, 0.1) is 5.41 Å². The van der Waals surface area contributed by atoms with E-state index in [-0.39, 0.29) is 0 Å². The smallest absolute Gasteiger partial charge is 0.407 e. The SMILES string of the molecule is O=C(O)N1CCC2(CC1)CC(Nc1ccc(Cl)nn1)C2. The van der Waals surface area contributed by atoms with Gasteiger partial charge in [0.2, 0.25) is 0 Å². The lowest BCUT2D eigenvalue weighted by molar-refractivity contribution is 0.0266. The molecule has 1 saturated heterocycles. The average molecular weight is 297 g/mol. The van der Waals surface area contributed by atoms with Gasteiger partial charge in [-0.25, -0.2) is 4.79 Å². The monoisotopic (exact) mass is 296 g/mol. The lowest BCUT2D eigenvalue weighted by Gasteiger charge is -2.52. The minimum absolute atomic E-state index is 0.323. The fourth-order valence-corrected chi connectivity index (χ4v) is 3.37. The first-order valence-electron chi connectivity index (χ1n) is 6.80. The van der Waals surface area contributed by atoms with Crippen molar-refractivity contribution in [2.75, 3.05) is 18.4 Å². The third-order valence-corrected chi connectivity index (χ3v) is 4.64. The number of likely N-dealkylation sites (tertiary alicyclic amines) is 1. The van der Waals surface area contributed by atoms with Gasteiger partial charge >= 0.3 is 6.09 Å². The Hall–Kier alpha value is -1.56. The van der Waals surface area contributed by atoms with Crippen molar-refractivity contribution in [3.63, 3.8) is 0 Å². The number of halogens is 1. The second-order valence-corrected chi connectivity index (χ2v) is 6.15. The summed E-state index contributed by atoms with van der Waals surface area (Å²) in [7, 11) is 0. The molecule has 0 aromatic carbocycles. The number of carbonyl (C=O) groups is 1. The van der Waals surface area contributed by atoms with Crippen molar-refractivity contribution in [1.29, 1.82) is 0 Å². The van der Waals surface area contributed by atoms with Gasteiger partial charge in [-0.1, -0.05) is 11.6 Å². The van der Waals surface area contributed by atoms with Crippen LogP contribution in [-0.4, -0.2) is 45.4 Å². The molecule has 108 valence electrons. The molecule has 20 heavy (non-hydrogen) atoms. The number of carboxylic acid groups (broad SMARTS) is 1. The van der Waals surface area contributed by atoms with E-state index in [1.807, 2.05) is 6.07 Å². The Morgan fingerprint density at radius 1 is 1.35 bits per heavy atom. The van der Waals surface area contributed by atoms with Gasteiger partial charge in [0.15, 0.2) is 5.15 Å². The van der Waals surface area contributed by atoms with Gasteiger partial charge in [0.25, 0.3) is 0 Å². The third-order valence-electron chi connectivity index (χ3n) is 4.44. The zero-order valence-corrected chi connectivity index (χ0v) is 11.8. The number of hydrogen-bond donors (Lipinski definition) is 2. The quantitative estimate of drug-likeness (QED) is 0.876. The summed E-state index contributed by atoms with van der Waals surface area (Å²) in [6.07, 6.45) is 3.27. The molecule has 1 amide bonds. The molecule has 2 heterocycles. The summed E-state index contributed by atoms with van der Waals surface area (Å²) < 4.78 is 0. The Balaban J connectivity index is 1.49. The van der Waals surface area contributed by atoms with Gasteiger partial charge in [0, 0.05) is 19.1 Å². The molecule has 0 atom stereocenters. The molecule has 3 rings (SSSR count). The molecule has 2 fully saturated rings. The summed E-state index contributed by atoms with van der Waals surface area (Å²) in [6, 6.07) is 3.95. The van der Waals surface area contributed by atoms with E-state index in [0.29, 0.717) is 29.7 Å². The van der Waals surface area contributed by atoms with E-state index >= 15 is 0 Å². The molecule has 1 aliphatic carbocycles. The highest BCUT2D eigenvalue weighted by Gasteiger charge is 2.46. The van der Waals surface area contributed by atoms with Crippen LogP contribution in [0.4, 0.5) is 10.6 Å². The molecule has 1 saturated carbocycles. The van der Waals surface area contributed by atoms with E-state index in [2.05, 4.69) is 15.5 Å². The fourth-order valence-electron chi connectivity index (χ4n) is 3.27. The first-order chi connectivity index (χ1) is 9.56. The molecule has 1 aromatic heterocycles. The number of rotatable bonds is 2. The topological polar surface area (TPSA) is 78.4 Å². The average Bonchev–Trinajstić information content (AvgIpc) is 2.40. The van der Waals surface area contributed by atoms with E-state index in [9.17, 15) is 4.79 Å². The van der Waals surface area contributed by atoms with Crippen molar-refractivity contribution in [2.45, 2.75) is 31.7 Å². The summed E-state index contributed by atoms with van der Waals surface area (Å²) in [5, 5.41) is 20.5. The molecule has 0 bridgehead atoms. The maximum absolute atomic E-state index is 10.9. The molecule has 7 heteroatoms. The molecule has 6 nitrogen and oxygen atoms in total. The van der Waals surface area contributed by atoms with Crippen LogP contribution in [0.3, 0.4) is 0 Å². The number of piperidine rings is 1. The molecular weight excluding hydrogens is 280 g/mol. The Morgan fingerprint density at radius 2 is 2.05 bits per heavy atom. The highest BCUT2D eigenvalue weighted by atomic mass is 35.5. The van der Waals surface area contributed by atoms with Crippen LogP contribution in [-0.2, 0) is 0 Å². The molecule has 2 N–H and O–H groups in total. The van der Waals surface area contributed by atoms with Crippen molar-refractivity contribution in [3.8, 4) is 0 Å². The zero-order chi connectivity index (χ0) is 14.2. The van der Waals surface area contributed by atoms with Gasteiger partial charge in [-0.3, -0.25) is 0 Å². The van der Waals surface area contributed by atoms with Gasteiger partial charge in [0.1, 0.15) is 5.82 Å². The van der Waals surface area contributed by atoms with Crippen LogP contribution in [0.2, 0.25) is 5.15 Å². The Kier molecular flexibility index (Phi) is 3.41. The van der Waals surface area contributed by atoms with Crippen LogP contribution in [0.5, 0.6) is 0 Å². The third kappa shape index (κ3) is 2.65. The number of aromatic nitrogens is 2. The fraction of sp³-hybridized carbons (Fsp3) is 0.615. The van der Waals surface area contributed by atoms with Crippen molar-refractivity contribution < 1.29 is 9.90 Å². The predicted molar refractivity (Wildman–Crippen MR) is 75.0 cm³/mol. The second kappa shape index (κ2) is 5.09. The summed E-state index contributed by atoms with van der Waals surface area (Å²) in [5.74, 6) is 0.747. The summed E-state index contributed by atoms with van der Waals surface area (Å²) >= 11 is 5.70. The Labute approximate surface area is 122 Å². The normalized spacial score (nSPS) is 21.6. The van der Waals surface area contributed by atoms with Crippen molar-refractivity contribution in [2.24, 2.45) is 5.41 Å². The minimum Gasteiger partial charge on any atom is -0.465 e. The highest BCUT2D eigenvalue weighted by Crippen LogP contribution is 2.49. The van der Waals surface area contributed by atoms with Gasteiger partial charge in [0.05, 0.1) is 0 Å².